The van der Waals surface area contributed by atoms with E-state index in [1.54, 1.807) is 13.8 Å². The lowest BCUT2D eigenvalue weighted by Gasteiger charge is -2.15. The zero-order chi connectivity index (χ0) is 15.1. The topological polar surface area (TPSA) is 130 Å². The molecule has 0 rings (SSSR count). The molecule has 0 aromatic heterocycles. The van der Waals surface area contributed by atoms with Crippen LogP contribution in [-0.4, -0.2) is 52.2 Å². The van der Waals surface area contributed by atoms with Crippen LogP contribution in [0.3, 0.4) is 0 Å². The Kier molecular flexibility index (Phi) is 7.57. The SMILES string of the molecule is CC(C)[C@H](N)C(=O)NCC(=O)NCCNS(C)(=O)=O. The molecule has 0 saturated heterocycles. The first-order valence-electron chi connectivity index (χ1n) is 5.88. The van der Waals surface area contributed by atoms with E-state index in [-0.39, 0.29) is 31.5 Å². The number of hydrogen-bond donors (Lipinski definition) is 4. The van der Waals surface area contributed by atoms with Gasteiger partial charge in [0.25, 0.3) is 0 Å². The van der Waals surface area contributed by atoms with Gasteiger partial charge in [0.1, 0.15) is 0 Å². The first-order chi connectivity index (χ1) is 8.63. The molecule has 112 valence electrons. The molecule has 19 heavy (non-hydrogen) atoms. The average Bonchev–Trinajstić information content (AvgIpc) is 2.29. The molecule has 0 fully saturated rings. The summed E-state index contributed by atoms with van der Waals surface area (Å²) in [5, 5.41) is 4.86. The smallest absolute Gasteiger partial charge is 0.239 e. The molecule has 8 nitrogen and oxygen atoms in total. The number of carbonyl (C=O) groups excluding carboxylic acids is 2. The molecule has 0 aliphatic heterocycles. The van der Waals surface area contributed by atoms with Gasteiger partial charge in [-0.2, -0.15) is 0 Å². The van der Waals surface area contributed by atoms with Crippen molar-refractivity contribution in [2.45, 2.75) is 19.9 Å². The van der Waals surface area contributed by atoms with Crippen LogP contribution in [0, 0.1) is 5.92 Å². The maximum Gasteiger partial charge on any atom is 0.239 e. The van der Waals surface area contributed by atoms with Crippen molar-refractivity contribution in [2.75, 3.05) is 25.9 Å². The fourth-order valence-corrected chi connectivity index (χ4v) is 1.56. The van der Waals surface area contributed by atoms with Crippen LogP contribution >= 0.6 is 0 Å². The Morgan fingerprint density at radius 1 is 1.16 bits per heavy atom. The summed E-state index contributed by atoms with van der Waals surface area (Å²) in [6, 6.07) is -0.653. The highest BCUT2D eigenvalue weighted by Gasteiger charge is 2.17. The summed E-state index contributed by atoms with van der Waals surface area (Å²) in [6.45, 7) is 3.68. The van der Waals surface area contributed by atoms with Crippen LogP contribution in [0.15, 0.2) is 0 Å². The van der Waals surface area contributed by atoms with Gasteiger partial charge in [-0.05, 0) is 5.92 Å². The minimum absolute atomic E-state index is 0.0120. The van der Waals surface area contributed by atoms with Crippen LogP contribution in [0.2, 0.25) is 0 Å². The van der Waals surface area contributed by atoms with E-state index in [0.717, 1.165) is 6.26 Å². The zero-order valence-corrected chi connectivity index (χ0v) is 12.2. The van der Waals surface area contributed by atoms with E-state index in [1.165, 1.54) is 0 Å². The number of nitrogens with one attached hydrogen (secondary N) is 3. The summed E-state index contributed by atoms with van der Waals surface area (Å²) in [7, 11) is -3.26. The van der Waals surface area contributed by atoms with E-state index in [4.69, 9.17) is 5.73 Å². The lowest BCUT2D eigenvalue weighted by molar-refractivity contribution is -0.127. The van der Waals surface area contributed by atoms with E-state index < -0.39 is 22.0 Å². The lowest BCUT2D eigenvalue weighted by Crippen LogP contribution is -2.47. The summed E-state index contributed by atoms with van der Waals surface area (Å²) in [6.07, 6.45) is 1.03. The molecule has 0 radical (unpaired) electrons. The molecule has 5 N–H and O–H groups in total. The Balaban J connectivity index is 3.79. The van der Waals surface area contributed by atoms with Gasteiger partial charge in [0, 0.05) is 13.1 Å². The van der Waals surface area contributed by atoms with E-state index in [9.17, 15) is 18.0 Å². The Labute approximate surface area is 113 Å². The second-order valence-corrected chi connectivity index (χ2v) is 6.34. The summed E-state index contributed by atoms with van der Waals surface area (Å²) in [5.74, 6) is -0.805. The van der Waals surface area contributed by atoms with Crippen LogP contribution in [0.25, 0.3) is 0 Å². The van der Waals surface area contributed by atoms with Crippen molar-refractivity contribution in [3.05, 3.63) is 0 Å². The fraction of sp³-hybridized carbons (Fsp3) is 0.800. The molecular formula is C10H22N4O4S. The third kappa shape index (κ3) is 9.40. The summed E-state index contributed by atoms with van der Waals surface area (Å²) >= 11 is 0. The van der Waals surface area contributed by atoms with Crippen molar-refractivity contribution in [1.29, 1.82) is 0 Å². The van der Waals surface area contributed by atoms with Gasteiger partial charge in [-0.1, -0.05) is 13.8 Å². The Morgan fingerprint density at radius 2 is 1.74 bits per heavy atom. The molecule has 0 bridgehead atoms. The Hall–Kier alpha value is -1.19. The lowest BCUT2D eigenvalue weighted by atomic mass is 10.1. The molecule has 2 amide bonds. The molecule has 0 aliphatic rings. The predicted molar refractivity (Wildman–Crippen MR) is 71.7 cm³/mol. The molecule has 0 saturated carbocycles. The van der Waals surface area contributed by atoms with Crippen molar-refractivity contribution in [3.63, 3.8) is 0 Å². The maximum absolute atomic E-state index is 11.4. The third-order valence-electron chi connectivity index (χ3n) is 2.26. The first kappa shape index (κ1) is 17.8. The highest BCUT2D eigenvalue weighted by Crippen LogP contribution is 1.97. The van der Waals surface area contributed by atoms with Crippen molar-refractivity contribution in [2.24, 2.45) is 11.7 Å². The number of amides is 2. The van der Waals surface area contributed by atoms with Gasteiger partial charge in [0.2, 0.25) is 21.8 Å². The van der Waals surface area contributed by atoms with Crippen LogP contribution in [-0.2, 0) is 19.6 Å². The van der Waals surface area contributed by atoms with Crippen LogP contribution in [0.4, 0.5) is 0 Å². The van der Waals surface area contributed by atoms with E-state index in [0.29, 0.717) is 0 Å². The van der Waals surface area contributed by atoms with Gasteiger partial charge >= 0.3 is 0 Å². The fourth-order valence-electron chi connectivity index (χ4n) is 1.09. The van der Waals surface area contributed by atoms with Crippen LogP contribution in [0.1, 0.15) is 13.8 Å². The molecule has 9 heteroatoms. The van der Waals surface area contributed by atoms with Gasteiger partial charge in [0.15, 0.2) is 0 Å². The van der Waals surface area contributed by atoms with Gasteiger partial charge in [-0.25, -0.2) is 13.1 Å². The minimum Gasteiger partial charge on any atom is -0.353 e. The largest absolute Gasteiger partial charge is 0.353 e. The normalized spacial score (nSPS) is 13.1. The number of carbonyl (C=O) groups is 2. The number of rotatable bonds is 8. The maximum atomic E-state index is 11.4. The predicted octanol–water partition coefficient (Wildman–Crippen LogP) is -2.25. The van der Waals surface area contributed by atoms with E-state index >= 15 is 0 Å². The number of sulfonamides is 1. The van der Waals surface area contributed by atoms with Crippen LogP contribution < -0.4 is 21.1 Å². The van der Waals surface area contributed by atoms with Gasteiger partial charge < -0.3 is 16.4 Å². The second kappa shape index (κ2) is 8.08. The quantitative estimate of drug-likeness (QED) is 0.376. The molecule has 0 spiro atoms. The Bertz CT molecular complexity index is 408. The molecule has 0 aromatic carbocycles. The highest BCUT2D eigenvalue weighted by molar-refractivity contribution is 7.88. The molecule has 0 aromatic rings. The summed E-state index contributed by atoms with van der Waals surface area (Å²) in [4.78, 5) is 22.8. The molecule has 1 atom stereocenters. The first-order valence-corrected chi connectivity index (χ1v) is 7.77. The monoisotopic (exact) mass is 294 g/mol. The van der Waals surface area contributed by atoms with Gasteiger partial charge in [0.05, 0.1) is 18.8 Å². The van der Waals surface area contributed by atoms with Crippen molar-refractivity contribution in [3.8, 4) is 0 Å². The summed E-state index contributed by atoms with van der Waals surface area (Å²) in [5.41, 5.74) is 5.60. The van der Waals surface area contributed by atoms with Gasteiger partial charge in [-0.15, -0.1) is 0 Å². The summed E-state index contributed by atoms with van der Waals surface area (Å²) < 4.78 is 23.7. The van der Waals surface area contributed by atoms with E-state index in [2.05, 4.69) is 15.4 Å². The highest BCUT2D eigenvalue weighted by atomic mass is 32.2. The van der Waals surface area contributed by atoms with Crippen molar-refractivity contribution >= 4 is 21.8 Å². The van der Waals surface area contributed by atoms with Crippen LogP contribution in [0.5, 0.6) is 0 Å². The molecule has 0 unspecified atom stereocenters. The van der Waals surface area contributed by atoms with Gasteiger partial charge in [-0.3, -0.25) is 9.59 Å². The number of hydrogen-bond acceptors (Lipinski definition) is 5. The number of nitrogens with two attached hydrogens (primary N) is 1. The Morgan fingerprint density at radius 3 is 2.21 bits per heavy atom. The molecular weight excluding hydrogens is 272 g/mol. The van der Waals surface area contributed by atoms with Crippen molar-refractivity contribution < 1.29 is 18.0 Å². The third-order valence-corrected chi connectivity index (χ3v) is 2.98. The van der Waals surface area contributed by atoms with Crippen molar-refractivity contribution in [1.82, 2.24) is 15.4 Å². The molecule has 0 aliphatic carbocycles. The van der Waals surface area contributed by atoms with E-state index in [1.807, 2.05) is 0 Å². The zero-order valence-electron chi connectivity index (χ0n) is 11.4. The standard InChI is InChI=1S/C10H22N4O4S/c1-7(2)9(11)10(16)13-6-8(15)12-4-5-14-19(3,17)18/h7,9,14H,4-6,11H2,1-3H3,(H,12,15)(H,13,16)/t9-/m0/s1. The molecule has 0 heterocycles. The second-order valence-electron chi connectivity index (χ2n) is 4.50. The minimum atomic E-state index is -3.26. The average molecular weight is 294 g/mol.